The molecule has 29 heavy (non-hydrogen) atoms. The first kappa shape index (κ1) is 19.0. The normalized spacial score (nSPS) is 15.8. The Morgan fingerprint density at radius 1 is 1.07 bits per heavy atom. The molecule has 4 rings (SSSR count). The topological polar surface area (TPSA) is 88.2 Å². The highest BCUT2D eigenvalue weighted by molar-refractivity contribution is 7.89. The number of amides is 1. The van der Waals surface area contributed by atoms with Crippen LogP contribution in [0.3, 0.4) is 0 Å². The fourth-order valence-corrected chi connectivity index (χ4v) is 4.47. The average Bonchev–Trinajstić information content (AvgIpc) is 3.03. The van der Waals surface area contributed by atoms with Crippen LogP contribution in [0.5, 0.6) is 0 Å². The van der Waals surface area contributed by atoms with E-state index in [9.17, 15) is 13.2 Å². The molecule has 1 amide bonds. The molecule has 0 aliphatic carbocycles. The Morgan fingerprint density at radius 2 is 1.86 bits per heavy atom. The van der Waals surface area contributed by atoms with Gasteiger partial charge >= 0.3 is 0 Å². The summed E-state index contributed by atoms with van der Waals surface area (Å²) in [5, 5.41) is 2.77. The molecule has 0 radical (unpaired) electrons. The second-order valence-electron chi connectivity index (χ2n) is 6.76. The molecular weight excluding hydrogens is 386 g/mol. The largest absolute Gasteiger partial charge is 0.321 e. The molecule has 0 bridgehead atoms. The van der Waals surface area contributed by atoms with Crippen molar-refractivity contribution in [3.63, 3.8) is 0 Å². The van der Waals surface area contributed by atoms with Gasteiger partial charge in [-0.2, -0.15) is 0 Å². The number of fused-ring (bicyclic) bond motifs is 1. The number of hydrogen-bond acceptors (Lipinski definition) is 4. The molecule has 146 valence electrons. The highest BCUT2D eigenvalue weighted by Crippen LogP contribution is 2.35. The molecule has 1 aliphatic heterocycles. The van der Waals surface area contributed by atoms with E-state index in [1.807, 2.05) is 36.4 Å². The van der Waals surface area contributed by atoms with Gasteiger partial charge in [0.25, 0.3) is 5.91 Å². The van der Waals surface area contributed by atoms with Crippen LogP contribution in [0, 0.1) is 0 Å². The van der Waals surface area contributed by atoms with E-state index in [4.69, 9.17) is 0 Å². The number of nitrogens with one attached hydrogen (secondary N) is 2. The number of anilines is 1. The molecule has 6 nitrogen and oxygen atoms in total. The average molecular weight is 405 g/mol. The number of carbonyl (C=O) groups excluding carboxylic acids is 1. The van der Waals surface area contributed by atoms with Crippen molar-refractivity contribution in [1.29, 1.82) is 0 Å². The van der Waals surface area contributed by atoms with Gasteiger partial charge in [-0.15, -0.1) is 0 Å². The smallest absolute Gasteiger partial charge is 0.256 e. The van der Waals surface area contributed by atoms with Crippen LogP contribution in [0.4, 0.5) is 5.69 Å². The molecule has 1 aliphatic rings. The highest BCUT2D eigenvalue weighted by Gasteiger charge is 2.27. The molecule has 0 spiro atoms. The van der Waals surface area contributed by atoms with Crippen molar-refractivity contribution in [3.8, 4) is 0 Å². The molecule has 0 fully saturated rings. The Labute approximate surface area is 169 Å². The van der Waals surface area contributed by atoms with Gasteiger partial charge in [-0.05, 0) is 48.4 Å². The number of benzene rings is 2. The van der Waals surface area contributed by atoms with Crippen LogP contribution in [0.25, 0.3) is 11.6 Å². The van der Waals surface area contributed by atoms with E-state index in [0.717, 1.165) is 11.1 Å². The third-order valence-corrected chi connectivity index (χ3v) is 6.25. The molecule has 0 saturated heterocycles. The highest BCUT2D eigenvalue weighted by atomic mass is 32.2. The number of sulfonamides is 1. The third-order valence-electron chi connectivity index (χ3n) is 4.71. The number of pyridine rings is 1. The van der Waals surface area contributed by atoms with Crippen molar-refractivity contribution in [2.75, 3.05) is 5.32 Å². The van der Waals surface area contributed by atoms with Crippen molar-refractivity contribution in [2.45, 2.75) is 17.9 Å². The summed E-state index contributed by atoms with van der Waals surface area (Å²) in [5.41, 5.74) is 3.16. The van der Waals surface area contributed by atoms with Gasteiger partial charge in [-0.25, -0.2) is 13.1 Å². The maximum absolute atomic E-state index is 12.9. The number of hydrogen-bond donors (Lipinski definition) is 2. The summed E-state index contributed by atoms with van der Waals surface area (Å²) in [4.78, 5) is 16.5. The SMILES string of the molecule is CC(NS(=O)(=O)c1ccc2c(c1)/C(=C\c1cccnc1)C(=O)N2)c1ccccc1. The molecule has 7 heteroatoms. The van der Waals surface area contributed by atoms with Crippen LogP contribution in [-0.2, 0) is 14.8 Å². The number of nitrogens with zero attached hydrogens (tertiary/aromatic N) is 1. The minimum Gasteiger partial charge on any atom is -0.321 e. The Kier molecular flexibility index (Phi) is 5.00. The van der Waals surface area contributed by atoms with E-state index in [1.165, 1.54) is 12.1 Å². The molecule has 1 atom stereocenters. The predicted molar refractivity (Wildman–Crippen MR) is 112 cm³/mol. The maximum atomic E-state index is 12.9. The van der Waals surface area contributed by atoms with E-state index in [2.05, 4.69) is 15.0 Å². The lowest BCUT2D eigenvalue weighted by atomic mass is 10.0. The van der Waals surface area contributed by atoms with Gasteiger partial charge in [-0.1, -0.05) is 36.4 Å². The Hall–Kier alpha value is -3.29. The summed E-state index contributed by atoms with van der Waals surface area (Å²) in [6, 6.07) is 17.2. The first-order chi connectivity index (χ1) is 13.9. The standard InChI is InChI=1S/C22H19N3O3S/c1-15(17-7-3-2-4-8-17)25-29(27,28)18-9-10-21-19(13-18)20(22(26)24-21)12-16-6-5-11-23-14-16/h2-15,25H,1H3,(H,24,26)/b20-12+. The zero-order valence-electron chi connectivity index (χ0n) is 15.7. The van der Waals surface area contributed by atoms with Crippen molar-refractivity contribution < 1.29 is 13.2 Å². The van der Waals surface area contributed by atoms with E-state index in [1.54, 1.807) is 37.5 Å². The van der Waals surface area contributed by atoms with E-state index >= 15 is 0 Å². The third kappa shape index (κ3) is 3.96. The zero-order chi connectivity index (χ0) is 20.4. The second-order valence-corrected chi connectivity index (χ2v) is 8.47. The zero-order valence-corrected chi connectivity index (χ0v) is 16.5. The Morgan fingerprint density at radius 3 is 2.59 bits per heavy atom. The van der Waals surface area contributed by atoms with Crippen LogP contribution in [0.1, 0.15) is 29.7 Å². The number of rotatable bonds is 5. The first-order valence-corrected chi connectivity index (χ1v) is 10.6. The quantitative estimate of drug-likeness (QED) is 0.635. The van der Waals surface area contributed by atoms with Crippen molar-refractivity contribution in [3.05, 3.63) is 89.7 Å². The second kappa shape index (κ2) is 7.62. The van der Waals surface area contributed by atoms with Gasteiger partial charge in [0.2, 0.25) is 10.0 Å². The van der Waals surface area contributed by atoms with Crippen molar-refractivity contribution in [2.24, 2.45) is 0 Å². The van der Waals surface area contributed by atoms with E-state index < -0.39 is 10.0 Å². The molecule has 1 aromatic heterocycles. The van der Waals surface area contributed by atoms with Crippen molar-refractivity contribution in [1.82, 2.24) is 9.71 Å². The lowest BCUT2D eigenvalue weighted by molar-refractivity contribution is -0.110. The monoisotopic (exact) mass is 405 g/mol. The summed E-state index contributed by atoms with van der Waals surface area (Å²) in [5.74, 6) is -0.274. The summed E-state index contributed by atoms with van der Waals surface area (Å²) in [6.45, 7) is 1.79. The van der Waals surface area contributed by atoms with Gasteiger partial charge in [0.1, 0.15) is 0 Å². The molecule has 3 aromatic rings. The summed E-state index contributed by atoms with van der Waals surface area (Å²) in [7, 11) is -3.77. The Balaban J connectivity index is 1.67. The van der Waals surface area contributed by atoms with Crippen LogP contribution < -0.4 is 10.0 Å². The molecule has 2 N–H and O–H groups in total. The van der Waals surface area contributed by atoms with Crippen LogP contribution in [0.2, 0.25) is 0 Å². The van der Waals surface area contributed by atoms with Crippen LogP contribution >= 0.6 is 0 Å². The van der Waals surface area contributed by atoms with Gasteiger partial charge in [0.05, 0.1) is 4.90 Å². The predicted octanol–water partition coefficient (Wildman–Crippen LogP) is 3.61. The van der Waals surface area contributed by atoms with Crippen LogP contribution in [0.15, 0.2) is 78.0 Å². The van der Waals surface area contributed by atoms with Crippen molar-refractivity contribution >= 4 is 33.3 Å². The van der Waals surface area contributed by atoms with E-state index in [-0.39, 0.29) is 16.8 Å². The molecule has 1 unspecified atom stereocenters. The molecule has 2 heterocycles. The van der Waals surface area contributed by atoms with Gasteiger partial charge < -0.3 is 5.32 Å². The minimum absolute atomic E-state index is 0.104. The lowest BCUT2D eigenvalue weighted by Crippen LogP contribution is -2.26. The lowest BCUT2D eigenvalue weighted by Gasteiger charge is -2.15. The number of aromatic nitrogens is 1. The number of carbonyl (C=O) groups is 1. The summed E-state index contributed by atoms with van der Waals surface area (Å²) >= 11 is 0. The maximum Gasteiger partial charge on any atom is 0.256 e. The summed E-state index contributed by atoms with van der Waals surface area (Å²) in [6.07, 6.45) is 4.99. The Bertz CT molecular complexity index is 1190. The summed E-state index contributed by atoms with van der Waals surface area (Å²) < 4.78 is 28.5. The molecular formula is C22H19N3O3S. The van der Waals surface area contributed by atoms with E-state index in [0.29, 0.717) is 16.8 Å². The first-order valence-electron chi connectivity index (χ1n) is 9.09. The van der Waals surface area contributed by atoms with Gasteiger partial charge in [-0.3, -0.25) is 9.78 Å². The molecule has 0 saturated carbocycles. The van der Waals surface area contributed by atoms with Crippen LogP contribution in [-0.4, -0.2) is 19.3 Å². The fraction of sp³-hybridized carbons (Fsp3) is 0.0909. The molecule has 2 aromatic carbocycles. The minimum atomic E-state index is -3.77. The van der Waals surface area contributed by atoms with Gasteiger partial charge in [0.15, 0.2) is 0 Å². The van der Waals surface area contributed by atoms with Gasteiger partial charge in [0, 0.05) is 35.3 Å². The fourth-order valence-electron chi connectivity index (χ4n) is 3.22.